The largest absolute Gasteiger partial charge is 0.379 e. The number of carbonyl (C=O) groups excluding carboxylic acids is 5. The Balaban J connectivity index is 4.21. The fraction of sp³-hybridized carbons (Fsp3) is 0.808. The van der Waals surface area contributed by atoms with E-state index >= 15 is 0 Å². The molecule has 0 rings (SSSR count). The highest BCUT2D eigenvalue weighted by molar-refractivity contribution is 5.91. The molecule has 0 aliphatic heterocycles. The summed E-state index contributed by atoms with van der Waals surface area (Å²) in [6, 6.07) is -1.76. The molecule has 0 fully saturated rings. The van der Waals surface area contributed by atoms with E-state index in [0.29, 0.717) is 65.1 Å². The van der Waals surface area contributed by atoms with E-state index in [1.165, 1.54) is 6.92 Å². The van der Waals surface area contributed by atoms with Crippen LogP contribution >= 0.6 is 0 Å². The summed E-state index contributed by atoms with van der Waals surface area (Å²) in [4.78, 5) is 60.5. The van der Waals surface area contributed by atoms with Crippen LogP contribution in [-0.4, -0.2) is 94.2 Å². The summed E-state index contributed by atoms with van der Waals surface area (Å²) >= 11 is 0. The number of unbranched alkanes of at least 4 members (excludes halogenated alkanes) is 2. The van der Waals surface area contributed by atoms with Gasteiger partial charge in [-0.15, -0.1) is 0 Å². The molecule has 0 aromatic heterocycles. The number of ether oxygens (including phenoxy) is 1. The van der Waals surface area contributed by atoms with Gasteiger partial charge in [-0.05, 0) is 57.5 Å². The van der Waals surface area contributed by atoms with Crippen molar-refractivity contribution in [2.75, 3.05) is 52.5 Å². The monoisotopic (exact) mass is 572 g/mol. The van der Waals surface area contributed by atoms with Crippen LogP contribution < -0.4 is 43.4 Å². The molecule has 0 aliphatic rings. The van der Waals surface area contributed by atoms with Gasteiger partial charge >= 0.3 is 6.03 Å². The Morgan fingerprint density at radius 3 is 1.98 bits per heavy atom. The van der Waals surface area contributed by atoms with Gasteiger partial charge in [-0.25, -0.2) is 4.79 Å². The van der Waals surface area contributed by atoms with Crippen molar-refractivity contribution in [2.45, 2.75) is 77.8 Å². The molecular weight excluding hydrogens is 520 g/mol. The Morgan fingerprint density at radius 2 is 1.32 bits per heavy atom. The molecule has 232 valence electrons. The minimum absolute atomic E-state index is 0.148. The van der Waals surface area contributed by atoms with Crippen LogP contribution in [0.2, 0.25) is 0 Å². The fourth-order valence-electron chi connectivity index (χ4n) is 3.55. The first-order valence-corrected chi connectivity index (χ1v) is 14.2. The van der Waals surface area contributed by atoms with Crippen LogP contribution in [-0.2, 0) is 23.9 Å². The van der Waals surface area contributed by atoms with Gasteiger partial charge in [0.25, 0.3) is 0 Å². The van der Waals surface area contributed by atoms with Crippen molar-refractivity contribution in [1.82, 2.24) is 31.9 Å². The molecule has 14 heteroatoms. The Hall–Kier alpha value is -2.97. The quantitative estimate of drug-likeness (QED) is 0.0696. The zero-order valence-electron chi connectivity index (χ0n) is 24.4. The van der Waals surface area contributed by atoms with Crippen LogP contribution in [0.5, 0.6) is 0 Å². The normalized spacial score (nSPS) is 12.2. The van der Waals surface area contributed by atoms with Crippen molar-refractivity contribution in [3.8, 4) is 0 Å². The van der Waals surface area contributed by atoms with E-state index in [-0.39, 0.29) is 42.7 Å². The molecule has 0 saturated heterocycles. The van der Waals surface area contributed by atoms with Crippen LogP contribution in [0.3, 0.4) is 0 Å². The molecule has 0 radical (unpaired) electrons. The minimum atomic E-state index is -0.752. The first kappa shape index (κ1) is 37.0. The topological polar surface area (TPSA) is 219 Å². The highest BCUT2D eigenvalue weighted by Crippen LogP contribution is 2.06. The fourth-order valence-corrected chi connectivity index (χ4v) is 3.55. The molecule has 14 nitrogen and oxygen atoms in total. The number of amides is 6. The smallest absolute Gasteiger partial charge is 0.314 e. The minimum Gasteiger partial charge on any atom is -0.379 e. The Labute approximate surface area is 238 Å². The second kappa shape index (κ2) is 23.9. The van der Waals surface area contributed by atoms with Crippen molar-refractivity contribution >= 4 is 29.7 Å². The molecule has 0 bridgehead atoms. The molecule has 1 unspecified atom stereocenters. The van der Waals surface area contributed by atoms with E-state index < -0.39 is 18.0 Å². The van der Waals surface area contributed by atoms with Gasteiger partial charge in [-0.2, -0.15) is 0 Å². The average Bonchev–Trinajstić information content (AvgIpc) is 2.90. The van der Waals surface area contributed by atoms with Crippen LogP contribution in [0.15, 0.2) is 0 Å². The van der Waals surface area contributed by atoms with Gasteiger partial charge in [-0.1, -0.05) is 13.8 Å². The summed E-state index contributed by atoms with van der Waals surface area (Å²) in [7, 11) is 0. The molecule has 0 aliphatic carbocycles. The predicted octanol–water partition coefficient (Wildman–Crippen LogP) is -1.17. The van der Waals surface area contributed by atoms with E-state index in [2.05, 4.69) is 31.9 Å². The van der Waals surface area contributed by atoms with E-state index in [0.717, 1.165) is 19.3 Å². The molecule has 0 saturated carbocycles. The van der Waals surface area contributed by atoms with Gasteiger partial charge < -0.3 is 48.1 Å². The number of rotatable bonds is 23. The Bertz CT molecular complexity index is 753. The molecular formula is C26H52N8O6. The summed E-state index contributed by atoms with van der Waals surface area (Å²) in [5, 5.41) is 16.3. The second-order valence-electron chi connectivity index (χ2n) is 9.80. The lowest BCUT2D eigenvalue weighted by Gasteiger charge is -2.25. The van der Waals surface area contributed by atoms with Crippen molar-refractivity contribution in [3.05, 3.63) is 0 Å². The van der Waals surface area contributed by atoms with Gasteiger partial charge in [0, 0.05) is 39.5 Å². The Morgan fingerprint density at radius 1 is 0.700 bits per heavy atom. The van der Waals surface area contributed by atoms with Crippen molar-refractivity contribution in [2.24, 2.45) is 17.4 Å². The van der Waals surface area contributed by atoms with Gasteiger partial charge in [0.05, 0.1) is 13.2 Å². The number of hydrogen-bond donors (Lipinski definition) is 8. The second-order valence-corrected chi connectivity index (χ2v) is 9.80. The van der Waals surface area contributed by atoms with Gasteiger partial charge in [0.1, 0.15) is 12.1 Å². The average molecular weight is 573 g/mol. The maximum absolute atomic E-state index is 12.7. The number of urea groups is 1. The summed E-state index contributed by atoms with van der Waals surface area (Å²) < 4.78 is 5.37. The zero-order chi connectivity index (χ0) is 30.2. The standard InChI is InChI=1S/C26H52N8O6/c1-19(2)23(33-20(3)35)25(38)34-21(9-4-5-11-27)24(37)30-15-8-14-29-22(36)10-17-40-18-16-32-26(39)31-13-7-6-12-28/h19,21,23H,4-18,27-28H2,1-3H3,(H,29,36)(H,30,37)(H,33,35)(H,34,38)(H2,31,32,39)/t21-,23?/m0/s1. The predicted molar refractivity (Wildman–Crippen MR) is 153 cm³/mol. The third kappa shape index (κ3) is 20.0. The lowest BCUT2D eigenvalue weighted by Crippen LogP contribution is -2.55. The van der Waals surface area contributed by atoms with Gasteiger partial charge in [0.15, 0.2) is 0 Å². The summed E-state index contributed by atoms with van der Waals surface area (Å²) in [6.45, 7) is 8.16. The summed E-state index contributed by atoms with van der Waals surface area (Å²) in [6.07, 6.45) is 4.18. The SMILES string of the molecule is CC(=O)NC(C(=O)N[C@@H](CCCCN)C(=O)NCCCNC(=O)CCOCCNC(=O)NCCCCN)C(C)C. The number of carbonyl (C=O) groups is 5. The number of nitrogens with two attached hydrogens (primary N) is 2. The summed E-state index contributed by atoms with van der Waals surface area (Å²) in [5.74, 6) is -1.39. The number of nitrogens with one attached hydrogen (secondary N) is 6. The van der Waals surface area contributed by atoms with Crippen LogP contribution in [0.4, 0.5) is 4.79 Å². The highest BCUT2D eigenvalue weighted by Gasteiger charge is 2.27. The molecule has 6 amide bonds. The Kier molecular flexibility index (Phi) is 22.1. The maximum Gasteiger partial charge on any atom is 0.314 e. The van der Waals surface area contributed by atoms with E-state index in [9.17, 15) is 24.0 Å². The van der Waals surface area contributed by atoms with E-state index in [1.807, 2.05) is 13.8 Å². The molecule has 0 aromatic carbocycles. The zero-order valence-corrected chi connectivity index (χ0v) is 24.4. The molecule has 0 heterocycles. The van der Waals surface area contributed by atoms with Crippen LogP contribution in [0.1, 0.15) is 65.7 Å². The van der Waals surface area contributed by atoms with Crippen LogP contribution in [0, 0.1) is 5.92 Å². The van der Waals surface area contributed by atoms with E-state index in [1.54, 1.807) is 0 Å². The first-order valence-electron chi connectivity index (χ1n) is 14.2. The first-order chi connectivity index (χ1) is 19.1. The molecule has 40 heavy (non-hydrogen) atoms. The third-order valence-electron chi connectivity index (χ3n) is 5.78. The summed E-state index contributed by atoms with van der Waals surface area (Å²) in [5.41, 5.74) is 11.0. The van der Waals surface area contributed by atoms with Crippen molar-refractivity contribution < 1.29 is 28.7 Å². The molecule has 0 aromatic rings. The van der Waals surface area contributed by atoms with E-state index in [4.69, 9.17) is 16.2 Å². The van der Waals surface area contributed by atoms with Gasteiger partial charge in [-0.3, -0.25) is 19.2 Å². The van der Waals surface area contributed by atoms with Gasteiger partial charge in [0.2, 0.25) is 23.6 Å². The highest BCUT2D eigenvalue weighted by atomic mass is 16.5. The lowest BCUT2D eigenvalue weighted by molar-refractivity contribution is -0.132. The third-order valence-corrected chi connectivity index (χ3v) is 5.78. The van der Waals surface area contributed by atoms with Crippen LogP contribution in [0.25, 0.3) is 0 Å². The lowest BCUT2D eigenvalue weighted by atomic mass is 10.0. The number of hydrogen-bond acceptors (Lipinski definition) is 8. The molecule has 10 N–H and O–H groups in total. The maximum atomic E-state index is 12.7. The molecule has 2 atom stereocenters. The molecule has 0 spiro atoms. The van der Waals surface area contributed by atoms with Crippen molar-refractivity contribution in [1.29, 1.82) is 0 Å². The van der Waals surface area contributed by atoms with Crippen molar-refractivity contribution in [3.63, 3.8) is 0 Å².